The first-order valence-corrected chi connectivity index (χ1v) is 7.44. The van der Waals surface area contributed by atoms with E-state index in [-0.39, 0.29) is 30.8 Å². The van der Waals surface area contributed by atoms with E-state index in [9.17, 15) is 19.5 Å². The third-order valence-corrected chi connectivity index (χ3v) is 3.55. The van der Waals surface area contributed by atoms with Crippen molar-refractivity contribution in [2.45, 2.75) is 25.7 Å². The smallest absolute Gasteiger partial charge is 0.311 e. The van der Waals surface area contributed by atoms with Crippen LogP contribution in [-0.4, -0.2) is 33.8 Å². The van der Waals surface area contributed by atoms with Crippen molar-refractivity contribution in [3.8, 4) is 5.75 Å². The highest BCUT2D eigenvalue weighted by atomic mass is 16.5. The predicted molar refractivity (Wildman–Crippen MR) is 85.5 cm³/mol. The van der Waals surface area contributed by atoms with Crippen LogP contribution in [0.3, 0.4) is 0 Å². The molecule has 24 heavy (non-hydrogen) atoms. The number of carbonyl (C=O) groups excluding carboxylic acids is 2. The summed E-state index contributed by atoms with van der Waals surface area (Å²) in [7, 11) is 0. The Hall–Kier alpha value is -3.03. The number of nitrogens with one attached hydrogen (secondary N) is 2. The zero-order chi connectivity index (χ0) is 17.7. The molecule has 1 aromatic carbocycles. The van der Waals surface area contributed by atoms with E-state index in [0.717, 1.165) is 0 Å². The first-order chi connectivity index (χ1) is 11.4. The van der Waals surface area contributed by atoms with Crippen LogP contribution in [0.1, 0.15) is 36.1 Å². The summed E-state index contributed by atoms with van der Waals surface area (Å²) >= 11 is 0. The van der Waals surface area contributed by atoms with E-state index >= 15 is 0 Å². The first kappa shape index (κ1) is 17.3. The second-order valence-corrected chi connectivity index (χ2v) is 5.27. The standard InChI is InChI=1S/C16H19N3O5/c1-2-24-14(22)8-12-15(16(23)19-18-12)11(7-13(17)21)9-4-3-5-10(20)6-9/h3-6,11,20H,2,7-8H2,1H3,(H2,17,21)(H2,18,19,23). The molecule has 1 atom stereocenters. The maximum absolute atomic E-state index is 12.2. The van der Waals surface area contributed by atoms with Crippen molar-refractivity contribution in [1.82, 2.24) is 10.2 Å². The summed E-state index contributed by atoms with van der Waals surface area (Å²) < 4.78 is 4.89. The van der Waals surface area contributed by atoms with Crippen molar-refractivity contribution < 1.29 is 19.4 Å². The number of esters is 1. The van der Waals surface area contributed by atoms with E-state index < -0.39 is 23.4 Å². The van der Waals surface area contributed by atoms with Crippen molar-refractivity contribution in [2.24, 2.45) is 5.73 Å². The fraction of sp³-hybridized carbons (Fsp3) is 0.312. The Balaban J connectivity index is 2.47. The summed E-state index contributed by atoms with van der Waals surface area (Å²) in [6, 6.07) is 6.21. The molecule has 8 heteroatoms. The minimum atomic E-state index is -0.686. The summed E-state index contributed by atoms with van der Waals surface area (Å²) in [6.45, 7) is 1.90. The van der Waals surface area contributed by atoms with E-state index in [4.69, 9.17) is 10.5 Å². The number of carbonyl (C=O) groups is 2. The van der Waals surface area contributed by atoms with Gasteiger partial charge in [0.2, 0.25) is 5.91 Å². The quantitative estimate of drug-likeness (QED) is 0.547. The molecule has 2 rings (SSSR count). The molecule has 0 aliphatic heterocycles. The molecule has 0 bridgehead atoms. The second kappa shape index (κ2) is 7.49. The number of nitrogens with two attached hydrogens (primary N) is 1. The van der Waals surface area contributed by atoms with Crippen LogP contribution < -0.4 is 11.3 Å². The summed E-state index contributed by atoms with van der Waals surface area (Å²) in [4.78, 5) is 35.4. The number of ether oxygens (including phenoxy) is 1. The molecule has 0 radical (unpaired) electrons. The van der Waals surface area contributed by atoms with E-state index in [1.54, 1.807) is 19.1 Å². The van der Waals surface area contributed by atoms with Crippen LogP contribution in [0, 0.1) is 0 Å². The Morgan fingerprint density at radius 1 is 1.33 bits per heavy atom. The first-order valence-electron chi connectivity index (χ1n) is 7.44. The number of primary amides is 1. The lowest BCUT2D eigenvalue weighted by Gasteiger charge is -2.16. The normalized spacial score (nSPS) is 11.9. The molecule has 1 heterocycles. The summed E-state index contributed by atoms with van der Waals surface area (Å²) in [5.41, 5.74) is 5.96. The van der Waals surface area contributed by atoms with Crippen LogP contribution in [0.5, 0.6) is 5.75 Å². The van der Waals surface area contributed by atoms with E-state index in [2.05, 4.69) is 10.2 Å². The van der Waals surface area contributed by atoms with Gasteiger partial charge in [-0.25, -0.2) is 0 Å². The Labute approximate surface area is 137 Å². The van der Waals surface area contributed by atoms with E-state index in [1.165, 1.54) is 12.1 Å². The molecule has 0 saturated heterocycles. The summed E-state index contributed by atoms with van der Waals surface area (Å²) in [5.74, 6) is -1.79. The zero-order valence-electron chi connectivity index (χ0n) is 13.2. The monoisotopic (exact) mass is 333 g/mol. The summed E-state index contributed by atoms with van der Waals surface area (Å²) in [5, 5.41) is 14.7. The van der Waals surface area contributed by atoms with Crippen molar-refractivity contribution in [2.75, 3.05) is 6.61 Å². The number of amides is 1. The minimum absolute atomic E-state index is 0.000812. The van der Waals surface area contributed by atoms with Gasteiger partial charge >= 0.3 is 5.97 Å². The Morgan fingerprint density at radius 2 is 2.08 bits per heavy atom. The van der Waals surface area contributed by atoms with Crippen LogP contribution in [-0.2, 0) is 20.7 Å². The van der Waals surface area contributed by atoms with Gasteiger partial charge in [-0.3, -0.25) is 19.5 Å². The van der Waals surface area contributed by atoms with Crippen molar-refractivity contribution in [3.63, 3.8) is 0 Å². The molecule has 1 amide bonds. The maximum Gasteiger partial charge on any atom is 0.311 e. The minimum Gasteiger partial charge on any atom is -0.508 e. The number of aromatic amines is 2. The van der Waals surface area contributed by atoms with Gasteiger partial charge in [0.25, 0.3) is 5.56 Å². The Morgan fingerprint density at radius 3 is 2.71 bits per heavy atom. The molecule has 0 fully saturated rings. The van der Waals surface area contributed by atoms with Gasteiger partial charge in [0.05, 0.1) is 18.7 Å². The molecule has 2 aromatic rings. The van der Waals surface area contributed by atoms with Gasteiger partial charge in [0, 0.05) is 17.9 Å². The number of phenols is 1. The molecule has 0 spiro atoms. The van der Waals surface area contributed by atoms with Gasteiger partial charge < -0.3 is 20.7 Å². The highest BCUT2D eigenvalue weighted by Crippen LogP contribution is 2.29. The number of hydrogen-bond acceptors (Lipinski definition) is 5. The zero-order valence-corrected chi connectivity index (χ0v) is 13.2. The van der Waals surface area contributed by atoms with Crippen molar-refractivity contribution in [3.05, 3.63) is 51.4 Å². The molecule has 0 aliphatic rings. The van der Waals surface area contributed by atoms with E-state index in [1.807, 2.05) is 0 Å². The van der Waals surface area contributed by atoms with Gasteiger partial charge in [-0.1, -0.05) is 12.1 Å². The molecular formula is C16H19N3O5. The number of rotatable bonds is 7. The lowest BCUT2D eigenvalue weighted by atomic mass is 9.87. The average Bonchev–Trinajstić information content (AvgIpc) is 2.85. The van der Waals surface area contributed by atoms with Gasteiger partial charge in [-0.2, -0.15) is 0 Å². The fourth-order valence-electron chi connectivity index (χ4n) is 2.60. The SMILES string of the molecule is CCOC(=O)Cc1[nH][nH]c(=O)c1C(CC(N)=O)c1cccc(O)c1. The number of aromatic nitrogens is 2. The largest absolute Gasteiger partial charge is 0.508 e. The molecule has 1 unspecified atom stereocenters. The van der Waals surface area contributed by atoms with E-state index in [0.29, 0.717) is 11.3 Å². The molecule has 0 saturated carbocycles. The topological polar surface area (TPSA) is 138 Å². The van der Waals surface area contributed by atoms with Gasteiger partial charge in [0.15, 0.2) is 0 Å². The van der Waals surface area contributed by atoms with Gasteiger partial charge in [-0.15, -0.1) is 0 Å². The highest BCUT2D eigenvalue weighted by molar-refractivity contribution is 5.76. The van der Waals surface area contributed by atoms with Crippen molar-refractivity contribution >= 4 is 11.9 Å². The lowest BCUT2D eigenvalue weighted by molar-refractivity contribution is -0.142. The molecule has 5 N–H and O–H groups in total. The number of phenolic OH excluding ortho intramolecular Hbond substituents is 1. The van der Waals surface area contributed by atoms with Crippen LogP contribution >= 0.6 is 0 Å². The van der Waals surface area contributed by atoms with Crippen LogP contribution in [0.25, 0.3) is 0 Å². The number of benzene rings is 1. The summed E-state index contributed by atoms with van der Waals surface area (Å²) in [6.07, 6.45) is -0.282. The number of hydrogen-bond donors (Lipinski definition) is 4. The fourth-order valence-corrected chi connectivity index (χ4v) is 2.60. The molecular weight excluding hydrogens is 314 g/mol. The average molecular weight is 333 g/mol. The van der Waals surface area contributed by atoms with Crippen LogP contribution in [0.2, 0.25) is 0 Å². The lowest BCUT2D eigenvalue weighted by Crippen LogP contribution is -2.21. The van der Waals surface area contributed by atoms with Gasteiger partial charge in [-0.05, 0) is 24.6 Å². The number of aromatic hydroxyl groups is 1. The second-order valence-electron chi connectivity index (χ2n) is 5.27. The molecule has 1 aromatic heterocycles. The Kier molecular flexibility index (Phi) is 5.41. The van der Waals surface area contributed by atoms with Crippen LogP contribution in [0.4, 0.5) is 0 Å². The predicted octanol–water partition coefficient (Wildman–Crippen LogP) is 0.522. The van der Waals surface area contributed by atoms with Gasteiger partial charge in [0.1, 0.15) is 5.75 Å². The molecule has 8 nitrogen and oxygen atoms in total. The maximum atomic E-state index is 12.2. The highest BCUT2D eigenvalue weighted by Gasteiger charge is 2.26. The number of H-pyrrole nitrogens is 2. The Bertz CT molecular complexity index is 793. The third kappa shape index (κ3) is 4.03. The molecule has 0 aliphatic carbocycles. The third-order valence-electron chi connectivity index (χ3n) is 3.55. The van der Waals surface area contributed by atoms with Crippen LogP contribution in [0.15, 0.2) is 29.1 Å². The molecule has 128 valence electrons. The van der Waals surface area contributed by atoms with Crippen molar-refractivity contribution in [1.29, 1.82) is 0 Å².